The Morgan fingerprint density at radius 2 is 0.974 bits per heavy atom. The number of likely N-dealkylation sites (tertiary alicyclic amines) is 2. The second kappa shape index (κ2) is 12.4. The number of esters is 2. The first-order valence-electron chi connectivity index (χ1n) is 15.5. The van der Waals surface area contributed by atoms with Gasteiger partial charge >= 0.3 is 11.9 Å². The molecular weight excluding hydrogens is 490 g/mol. The van der Waals surface area contributed by atoms with E-state index in [1.165, 1.54) is 19.3 Å². The zero-order chi connectivity index (χ0) is 29.2. The van der Waals surface area contributed by atoms with Gasteiger partial charge in [0.25, 0.3) is 0 Å². The van der Waals surface area contributed by atoms with Crippen LogP contribution in [0.25, 0.3) is 0 Å². The third-order valence-corrected chi connectivity index (χ3v) is 10.4. The van der Waals surface area contributed by atoms with Crippen LogP contribution < -0.4 is 0 Å². The van der Waals surface area contributed by atoms with Crippen molar-refractivity contribution in [3.63, 3.8) is 0 Å². The standard InChI is InChI=1S/C32H59N3O4/c1-29(2)20-25(21-30(3,4)33(29)9)38-27(36)16-18-35(24-14-12-11-13-15-24)19-17-28(37)39-26-22-31(5,6)34(10)32(7,8)23-26/h24-26H,11-23H2,1-10H3. The highest BCUT2D eigenvalue weighted by atomic mass is 16.5. The van der Waals surface area contributed by atoms with Gasteiger partial charge in [0.1, 0.15) is 12.2 Å². The summed E-state index contributed by atoms with van der Waals surface area (Å²) in [7, 11) is 4.33. The van der Waals surface area contributed by atoms with E-state index in [9.17, 15) is 9.59 Å². The molecule has 2 heterocycles. The fraction of sp³-hybridized carbons (Fsp3) is 0.938. The van der Waals surface area contributed by atoms with Crippen molar-refractivity contribution < 1.29 is 19.1 Å². The van der Waals surface area contributed by atoms with Gasteiger partial charge in [-0.25, -0.2) is 0 Å². The van der Waals surface area contributed by atoms with E-state index in [4.69, 9.17) is 9.47 Å². The number of ether oxygens (including phenoxy) is 2. The molecule has 0 spiro atoms. The average Bonchev–Trinajstić information content (AvgIpc) is 2.80. The molecular formula is C32H59N3O4. The molecule has 1 saturated carbocycles. The van der Waals surface area contributed by atoms with Crippen LogP contribution in [0.3, 0.4) is 0 Å². The molecule has 7 heteroatoms. The minimum absolute atomic E-state index is 0.0145. The zero-order valence-corrected chi connectivity index (χ0v) is 26.9. The highest BCUT2D eigenvalue weighted by molar-refractivity contribution is 5.70. The predicted molar refractivity (Wildman–Crippen MR) is 158 cm³/mol. The minimum atomic E-state index is -0.115. The molecule has 7 nitrogen and oxygen atoms in total. The number of carbonyl (C=O) groups excluding carboxylic acids is 2. The molecule has 0 aromatic rings. The molecule has 0 aromatic carbocycles. The van der Waals surface area contributed by atoms with Crippen LogP contribution in [-0.2, 0) is 19.1 Å². The Hall–Kier alpha value is -1.18. The van der Waals surface area contributed by atoms with E-state index in [0.717, 1.165) is 38.5 Å². The third-order valence-electron chi connectivity index (χ3n) is 10.4. The Labute approximate surface area is 239 Å². The lowest BCUT2D eigenvalue weighted by Gasteiger charge is -2.53. The number of piperidine rings is 2. The van der Waals surface area contributed by atoms with Crippen LogP contribution in [0.15, 0.2) is 0 Å². The van der Waals surface area contributed by atoms with Crippen molar-refractivity contribution in [2.75, 3.05) is 27.2 Å². The minimum Gasteiger partial charge on any atom is -0.462 e. The van der Waals surface area contributed by atoms with Crippen molar-refractivity contribution in [1.29, 1.82) is 0 Å². The molecule has 0 radical (unpaired) electrons. The van der Waals surface area contributed by atoms with E-state index in [1.807, 2.05) is 0 Å². The summed E-state index contributed by atoms with van der Waals surface area (Å²) in [5.74, 6) is -0.231. The van der Waals surface area contributed by atoms with Crippen molar-refractivity contribution >= 4 is 11.9 Å². The van der Waals surface area contributed by atoms with Crippen molar-refractivity contribution in [2.45, 2.75) is 166 Å². The van der Waals surface area contributed by atoms with Gasteiger partial charge in [-0.2, -0.15) is 0 Å². The third kappa shape index (κ3) is 8.42. The lowest BCUT2D eigenvalue weighted by atomic mass is 9.79. The van der Waals surface area contributed by atoms with E-state index in [-0.39, 0.29) is 46.3 Å². The van der Waals surface area contributed by atoms with E-state index < -0.39 is 0 Å². The first kappa shape index (κ1) is 32.3. The zero-order valence-electron chi connectivity index (χ0n) is 26.9. The Morgan fingerprint density at radius 3 is 1.31 bits per heavy atom. The molecule has 0 atom stereocenters. The number of carbonyl (C=O) groups is 2. The Kier molecular flexibility index (Phi) is 10.2. The summed E-state index contributed by atoms with van der Waals surface area (Å²) in [5, 5.41) is 0. The number of rotatable bonds is 9. The van der Waals surface area contributed by atoms with Crippen LogP contribution in [0.2, 0.25) is 0 Å². The SMILES string of the molecule is CN1C(C)(C)CC(OC(=O)CCN(CCC(=O)OC2CC(C)(C)N(C)C(C)(C)C2)C2CCCCC2)CC1(C)C. The van der Waals surface area contributed by atoms with Crippen molar-refractivity contribution in [1.82, 2.24) is 14.7 Å². The number of hydrogen-bond donors (Lipinski definition) is 0. The van der Waals surface area contributed by atoms with Gasteiger partial charge in [-0.05, 0) is 82.3 Å². The second-order valence-electron chi connectivity index (χ2n) is 15.2. The molecule has 3 aliphatic rings. The maximum Gasteiger partial charge on any atom is 0.307 e. The molecule has 0 aromatic heterocycles. The summed E-state index contributed by atoms with van der Waals surface area (Å²) in [6.45, 7) is 19.1. The van der Waals surface area contributed by atoms with Crippen molar-refractivity contribution in [3.8, 4) is 0 Å². The summed E-state index contributed by atoms with van der Waals surface area (Å²) in [4.78, 5) is 33.2. The molecule has 2 aliphatic heterocycles. The molecule has 3 fully saturated rings. The lowest BCUT2D eigenvalue weighted by Crippen LogP contribution is -2.60. The van der Waals surface area contributed by atoms with Gasteiger partial charge < -0.3 is 9.47 Å². The van der Waals surface area contributed by atoms with Crippen molar-refractivity contribution in [3.05, 3.63) is 0 Å². The number of hydrogen-bond acceptors (Lipinski definition) is 7. The van der Waals surface area contributed by atoms with Crippen LogP contribution in [-0.4, -0.2) is 94.2 Å². The fourth-order valence-electron chi connectivity index (χ4n) is 7.61. The first-order chi connectivity index (χ1) is 17.9. The first-order valence-corrected chi connectivity index (χ1v) is 15.5. The average molecular weight is 550 g/mol. The van der Waals surface area contributed by atoms with Crippen LogP contribution in [0.4, 0.5) is 0 Å². The highest BCUT2D eigenvalue weighted by Gasteiger charge is 2.45. The quantitative estimate of drug-likeness (QED) is 0.337. The van der Waals surface area contributed by atoms with Gasteiger partial charge in [0.15, 0.2) is 0 Å². The molecule has 0 N–H and O–H groups in total. The molecule has 2 saturated heterocycles. The van der Waals surface area contributed by atoms with Gasteiger partial charge in [-0.1, -0.05) is 19.3 Å². The highest BCUT2D eigenvalue weighted by Crippen LogP contribution is 2.39. The molecule has 1 aliphatic carbocycles. The van der Waals surface area contributed by atoms with Gasteiger partial charge in [0.2, 0.25) is 0 Å². The maximum atomic E-state index is 13.0. The fourth-order valence-corrected chi connectivity index (χ4v) is 7.61. The monoisotopic (exact) mass is 549 g/mol. The van der Waals surface area contributed by atoms with E-state index in [1.54, 1.807) is 0 Å². The van der Waals surface area contributed by atoms with Crippen LogP contribution >= 0.6 is 0 Å². The summed E-state index contributed by atoms with van der Waals surface area (Å²) in [5.41, 5.74) is -0.0581. The summed E-state index contributed by atoms with van der Waals surface area (Å²) >= 11 is 0. The smallest absolute Gasteiger partial charge is 0.307 e. The topological polar surface area (TPSA) is 62.3 Å². The number of nitrogens with zero attached hydrogens (tertiary/aromatic N) is 3. The summed E-state index contributed by atoms with van der Waals surface area (Å²) in [6.07, 6.45) is 10.0. The van der Waals surface area contributed by atoms with Gasteiger partial charge in [0.05, 0.1) is 12.8 Å². The largest absolute Gasteiger partial charge is 0.462 e. The van der Waals surface area contributed by atoms with Crippen LogP contribution in [0.5, 0.6) is 0 Å². The van der Waals surface area contributed by atoms with E-state index >= 15 is 0 Å². The van der Waals surface area contributed by atoms with Crippen molar-refractivity contribution in [2.24, 2.45) is 0 Å². The van der Waals surface area contributed by atoms with E-state index in [0.29, 0.717) is 32.0 Å². The Bertz CT molecular complexity index is 750. The molecule has 0 unspecified atom stereocenters. The molecule has 226 valence electrons. The maximum absolute atomic E-state index is 13.0. The summed E-state index contributed by atoms with van der Waals surface area (Å²) in [6, 6.07) is 0.432. The van der Waals surface area contributed by atoms with Gasteiger partial charge in [-0.3, -0.25) is 24.3 Å². The summed E-state index contributed by atoms with van der Waals surface area (Å²) < 4.78 is 12.1. The van der Waals surface area contributed by atoms with E-state index in [2.05, 4.69) is 84.2 Å². The molecule has 0 bridgehead atoms. The Morgan fingerprint density at radius 1 is 0.641 bits per heavy atom. The van der Waals surface area contributed by atoms with Crippen LogP contribution in [0.1, 0.15) is 126 Å². The Balaban J connectivity index is 1.53. The van der Waals surface area contributed by atoms with Gasteiger partial charge in [0, 0.05) is 67.0 Å². The molecule has 39 heavy (non-hydrogen) atoms. The van der Waals surface area contributed by atoms with Gasteiger partial charge in [-0.15, -0.1) is 0 Å². The lowest BCUT2D eigenvalue weighted by molar-refractivity contribution is -0.159. The predicted octanol–water partition coefficient (Wildman–Crippen LogP) is 5.79. The molecule has 0 amide bonds. The molecule has 3 rings (SSSR count). The second-order valence-corrected chi connectivity index (χ2v) is 15.2. The normalized spacial score (nSPS) is 26.4. The van der Waals surface area contributed by atoms with Crippen LogP contribution in [0, 0.1) is 0 Å².